The topological polar surface area (TPSA) is 41.6 Å². The van der Waals surface area contributed by atoms with Crippen LogP contribution < -0.4 is 10.1 Å². The van der Waals surface area contributed by atoms with Crippen LogP contribution in [0.25, 0.3) is 0 Å². The second kappa shape index (κ2) is 7.72. The van der Waals surface area contributed by atoms with Gasteiger partial charge in [-0.05, 0) is 32.0 Å². The maximum absolute atomic E-state index is 12.1. The number of nitrogens with one attached hydrogen (secondary N) is 1. The quantitative estimate of drug-likeness (QED) is 0.930. The molecule has 20 heavy (non-hydrogen) atoms. The molecule has 0 aromatic heterocycles. The highest BCUT2D eigenvalue weighted by molar-refractivity contribution is 6.30. The Balaban J connectivity index is 0.00000200. The van der Waals surface area contributed by atoms with Crippen molar-refractivity contribution in [3.05, 3.63) is 29.3 Å². The van der Waals surface area contributed by atoms with Crippen LogP contribution in [0.15, 0.2) is 24.3 Å². The zero-order valence-electron chi connectivity index (χ0n) is 11.6. The van der Waals surface area contributed by atoms with E-state index < -0.39 is 0 Å². The van der Waals surface area contributed by atoms with E-state index in [0.717, 1.165) is 13.1 Å². The monoisotopic (exact) mass is 318 g/mol. The lowest BCUT2D eigenvalue weighted by molar-refractivity contribution is -0.135. The lowest BCUT2D eigenvalue weighted by Crippen LogP contribution is -2.56. The first-order valence-electron chi connectivity index (χ1n) is 6.47. The Kier molecular flexibility index (Phi) is 6.59. The SMILES string of the molecule is CC1CN(C(=O)COc2cccc(Cl)c2)CC(C)N1.Cl. The number of amides is 1. The minimum absolute atomic E-state index is 0. The van der Waals surface area contributed by atoms with Crippen molar-refractivity contribution in [3.63, 3.8) is 0 Å². The van der Waals surface area contributed by atoms with E-state index in [1.807, 2.05) is 4.90 Å². The highest BCUT2D eigenvalue weighted by Gasteiger charge is 2.24. The second-order valence-electron chi connectivity index (χ2n) is 5.01. The molecule has 1 saturated heterocycles. The molecule has 0 spiro atoms. The summed E-state index contributed by atoms with van der Waals surface area (Å²) in [5, 5.41) is 4.00. The Morgan fingerprint density at radius 2 is 2.05 bits per heavy atom. The van der Waals surface area contributed by atoms with Crippen LogP contribution >= 0.6 is 24.0 Å². The Morgan fingerprint density at radius 3 is 2.65 bits per heavy atom. The van der Waals surface area contributed by atoms with Crippen molar-refractivity contribution in [3.8, 4) is 5.75 Å². The molecule has 0 radical (unpaired) electrons. The fourth-order valence-electron chi connectivity index (χ4n) is 2.32. The number of ether oxygens (including phenoxy) is 1. The molecule has 4 nitrogen and oxygen atoms in total. The zero-order valence-corrected chi connectivity index (χ0v) is 13.2. The molecule has 0 bridgehead atoms. The number of hydrogen-bond acceptors (Lipinski definition) is 3. The first kappa shape index (κ1) is 17.1. The summed E-state index contributed by atoms with van der Waals surface area (Å²) in [4.78, 5) is 13.9. The third kappa shape index (κ3) is 4.85. The zero-order chi connectivity index (χ0) is 13.8. The predicted molar refractivity (Wildman–Crippen MR) is 82.8 cm³/mol. The molecule has 1 aliphatic rings. The molecule has 0 saturated carbocycles. The molecule has 2 atom stereocenters. The first-order chi connectivity index (χ1) is 9.04. The van der Waals surface area contributed by atoms with Crippen molar-refractivity contribution >= 4 is 29.9 Å². The predicted octanol–water partition coefficient (Wildman–Crippen LogP) is 2.35. The molecule has 112 valence electrons. The minimum atomic E-state index is 0. The fourth-order valence-corrected chi connectivity index (χ4v) is 2.50. The van der Waals surface area contributed by atoms with E-state index in [2.05, 4.69) is 19.2 Å². The molecule has 0 aliphatic carbocycles. The van der Waals surface area contributed by atoms with Crippen LogP contribution in [0.5, 0.6) is 5.75 Å². The van der Waals surface area contributed by atoms with Crippen molar-refractivity contribution in [2.45, 2.75) is 25.9 Å². The van der Waals surface area contributed by atoms with E-state index in [0.29, 0.717) is 22.9 Å². The highest BCUT2D eigenvalue weighted by Crippen LogP contribution is 2.17. The Labute approximate surface area is 130 Å². The fraction of sp³-hybridized carbons (Fsp3) is 0.500. The summed E-state index contributed by atoms with van der Waals surface area (Å²) >= 11 is 5.86. The van der Waals surface area contributed by atoms with Gasteiger partial charge in [-0.1, -0.05) is 17.7 Å². The van der Waals surface area contributed by atoms with Crippen molar-refractivity contribution in [2.75, 3.05) is 19.7 Å². The van der Waals surface area contributed by atoms with Gasteiger partial charge in [0.25, 0.3) is 5.91 Å². The number of piperazine rings is 1. The van der Waals surface area contributed by atoms with Crippen LogP contribution in [-0.2, 0) is 4.79 Å². The van der Waals surface area contributed by atoms with Gasteiger partial charge in [0.1, 0.15) is 5.75 Å². The Hall–Kier alpha value is -0.970. The summed E-state index contributed by atoms with van der Waals surface area (Å²) < 4.78 is 5.48. The lowest BCUT2D eigenvalue weighted by atomic mass is 10.1. The van der Waals surface area contributed by atoms with Crippen LogP contribution in [-0.4, -0.2) is 42.6 Å². The van der Waals surface area contributed by atoms with E-state index >= 15 is 0 Å². The van der Waals surface area contributed by atoms with Gasteiger partial charge >= 0.3 is 0 Å². The third-order valence-corrected chi connectivity index (χ3v) is 3.30. The van der Waals surface area contributed by atoms with Gasteiger partial charge < -0.3 is 15.0 Å². The Bertz CT molecular complexity index is 447. The van der Waals surface area contributed by atoms with Gasteiger partial charge in [-0.25, -0.2) is 0 Å². The van der Waals surface area contributed by atoms with Gasteiger partial charge in [-0.2, -0.15) is 0 Å². The van der Waals surface area contributed by atoms with Crippen LogP contribution in [0.2, 0.25) is 5.02 Å². The molecule has 1 amide bonds. The smallest absolute Gasteiger partial charge is 0.260 e. The van der Waals surface area contributed by atoms with E-state index in [9.17, 15) is 4.79 Å². The van der Waals surface area contributed by atoms with Crippen molar-refractivity contribution in [1.29, 1.82) is 0 Å². The maximum Gasteiger partial charge on any atom is 0.260 e. The molecular formula is C14H20Cl2N2O2. The van der Waals surface area contributed by atoms with E-state index in [-0.39, 0.29) is 24.9 Å². The molecule has 1 aromatic rings. The molecule has 2 unspecified atom stereocenters. The minimum Gasteiger partial charge on any atom is -0.484 e. The highest BCUT2D eigenvalue weighted by atomic mass is 35.5. The maximum atomic E-state index is 12.1. The summed E-state index contributed by atoms with van der Waals surface area (Å²) in [6.45, 7) is 5.66. The van der Waals surface area contributed by atoms with Gasteiger partial charge in [0.2, 0.25) is 0 Å². The Morgan fingerprint density at radius 1 is 1.40 bits per heavy atom. The van der Waals surface area contributed by atoms with Gasteiger partial charge in [0.05, 0.1) is 0 Å². The summed E-state index contributed by atoms with van der Waals surface area (Å²) in [5.41, 5.74) is 0. The number of hydrogen-bond donors (Lipinski definition) is 1. The standard InChI is InChI=1S/C14H19ClN2O2.ClH/c1-10-7-17(8-11(2)16-10)14(18)9-19-13-5-3-4-12(15)6-13;/h3-6,10-11,16H,7-9H2,1-2H3;1H. The normalized spacial score (nSPS) is 22.1. The lowest BCUT2D eigenvalue weighted by Gasteiger charge is -2.36. The first-order valence-corrected chi connectivity index (χ1v) is 6.84. The third-order valence-electron chi connectivity index (χ3n) is 3.07. The van der Waals surface area contributed by atoms with Crippen LogP contribution in [0.1, 0.15) is 13.8 Å². The molecule has 1 fully saturated rings. The number of carbonyl (C=O) groups excluding carboxylic acids is 1. The molecular weight excluding hydrogens is 299 g/mol. The molecule has 1 N–H and O–H groups in total. The van der Waals surface area contributed by atoms with Crippen LogP contribution in [0.4, 0.5) is 0 Å². The van der Waals surface area contributed by atoms with Gasteiger partial charge in [-0.15, -0.1) is 12.4 Å². The van der Waals surface area contributed by atoms with Gasteiger partial charge in [0.15, 0.2) is 6.61 Å². The number of rotatable bonds is 3. The summed E-state index contributed by atoms with van der Waals surface area (Å²) in [5.74, 6) is 0.636. The van der Waals surface area contributed by atoms with E-state index in [1.165, 1.54) is 0 Å². The molecule has 1 aromatic carbocycles. The molecule has 1 heterocycles. The average Bonchev–Trinajstić information content (AvgIpc) is 2.35. The largest absolute Gasteiger partial charge is 0.484 e. The molecule has 1 aliphatic heterocycles. The molecule has 2 rings (SSSR count). The second-order valence-corrected chi connectivity index (χ2v) is 5.45. The molecule has 6 heteroatoms. The van der Waals surface area contributed by atoms with Gasteiger partial charge in [0, 0.05) is 30.2 Å². The van der Waals surface area contributed by atoms with Crippen LogP contribution in [0, 0.1) is 0 Å². The number of benzene rings is 1. The number of nitrogens with zero attached hydrogens (tertiary/aromatic N) is 1. The van der Waals surface area contributed by atoms with Gasteiger partial charge in [-0.3, -0.25) is 4.79 Å². The van der Waals surface area contributed by atoms with Crippen molar-refractivity contribution in [2.24, 2.45) is 0 Å². The number of carbonyl (C=O) groups is 1. The average molecular weight is 319 g/mol. The van der Waals surface area contributed by atoms with E-state index in [1.54, 1.807) is 24.3 Å². The van der Waals surface area contributed by atoms with Crippen molar-refractivity contribution < 1.29 is 9.53 Å². The summed E-state index contributed by atoms with van der Waals surface area (Å²) in [6.07, 6.45) is 0. The van der Waals surface area contributed by atoms with E-state index in [4.69, 9.17) is 16.3 Å². The van der Waals surface area contributed by atoms with Crippen molar-refractivity contribution in [1.82, 2.24) is 10.2 Å². The number of halogens is 2. The summed E-state index contributed by atoms with van der Waals surface area (Å²) in [6, 6.07) is 7.71. The summed E-state index contributed by atoms with van der Waals surface area (Å²) in [7, 11) is 0. The van der Waals surface area contributed by atoms with Crippen LogP contribution in [0.3, 0.4) is 0 Å².